The van der Waals surface area contributed by atoms with Gasteiger partial charge in [-0.15, -0.1) is 0 Å². The summed E-state index contributed by atoms with van der Waals surface area (Å²) in [4.78, 5) is 18.8. The van der Waals surface area contributed by atoms with Crippen molar-refractivity contribution in [2.45, 2.75) is 9.79 Å². The van der Waals surface area contributed by atoms with Gasteiger partial charge >= 0.3 is 0 Å². The van der Waals surface area contributed by atoms with Gasteiger partial charge in [-0.3, -0.25) is 4.79 Å². The van der Waals surface area contributed by atoms with Crippen LogP contribution >= 0.6 is 11.8 Å². The van der Waals surface area contributed by atoms with Gasteiger partial charge < -0.3 is 5.32 Å². The van der Waals surface area contributed by atoms with E-state index in [-0.39, 0.29) is 5.91 Å². The van der Waals surface area contributed by atoms with Crippen LogP contribution in [0.2, 0.25) is 0 Å². The molecule has 4 aromatic rings. The number of amides is 1. The average molecular weight is 346 g/mol. The maximum atomic E-state index is 12.6. The molecule has 0 bridgehead atoms. The minimum absolute atomic E-state index is 0.258. The molecule has 0 aliphatic heterocycles. The summed E-state index contributed by atoms with van der Waals surface area (Å²) >= 11 is 1.60. The summed E-state index contributed by atoms with van der Waals surface area (Å²) in [5.74, 6) is -0.258. The second-order valence-corrected chi connectivity index (χ2v) is 6.43. The van der Waals surface area contributed by atoms with Crippen molar-refractivity contribution in [2.75, 3.05) is 5.32 Å². The molecule has 0 fully saturated rings. The van der Waals surface area contributed by atoms with E-state index in [2.05, 4.69) is 15.4 Å². The molecule has 0 radical (unpaired) electrons. The molecule has 0 aliphatic carbocycles. The predicted molar refractivity (Wildman–Crippen MR) is 97.9 cm³/mol. The van der Waals surface area contributed by atoms with Crippen molar-refractivity contribution in [3.8, 4) is 0 Å². The fraction of sp³-hybridized carbons (Fsp3) is 0. The first-order valence-corrected chi connectivity index (χ1v) is 8.55. The molecule has 0 saturated heterocycles. The van der Waals surface area contributed by atoms with Gasteiger partial charge in [-0.1, -0.05) is 42.1 Å². The van der Waals surface area contributed by atoms with E-state index >= 15 is 0 Å². The van der Waals surface area contributed by atoms with Crippen molar-refractivity contribution in [3.63, 3.8) is 0 Å². The molecule has 2 aromatic carbocycles. The normalized spacial score (nSPS) is 10.7. The van der Waals surface area contributed by atoms with E-state index < -0.39 is 0 Å². The van der Waals surface area contributed by atoms with Crippen molar-refractivity contribution in [1.82, 2.24) is 14.6 Å². The Balaban J connectivity index is 1.59. The highest BCUT2D eigenvalue weighted by Gasteiger charge is 2.13. The van der Waals surface area contributed by atoms with Gasteiger partial charge in [0.15, 0.2) is 11.3 Å². The molecular weight excluding hydrogens is 332 g/mol. The number of hydrogen-bond acceptors (Lipinski definition) is 4. The topological polar surface area (TPSA) is 59.3 Å². The Hall–Kier alpha value is -3.12. The zero-order valence-electron chi connectivity index (χ0n) is 13.2. The van der Waals surface area contributed by atoms with E-state index in [0.717, 1.165) is 15.5 Å². The van der Waals surface area contributed by atoms with Crippen LogP contribution in [0.5, 0.6) is 0 Å². The summed E-state index contributed by atoms with van der Waals surface area (Å²) in [7, 11) is 0. The zero-order valence-corrected chi connectivity index (χ0v) is 14.0. The van der Waals surface area contributed by atoms with Crippen molar-refractivity contribution >= 4 is 29.0 Å². The number of nitrogens with one attached hydrogen (secondary N) is 1. The zero-order chi connectivity index (χ0) is 17.1. The molecule has 0 aliphatic rings. The fourth-order valence-corrected chi connectivity index (χ4v) is 3.32. The van der Waals surface area contributed by atoms with Crippen LogP contribution in [-0.2, 0) is 0 Å². The van der Waals surface area contributed by atoms with Gasteiger partial charge in [-0.2, -0.15) is 5.10 Å². The molecule has 6 heteroatoms. The predicted octanol–water partition coefficient (Wildman–Crippen LogP) is 4.13. The number of benzene rings is 2. The monoisotopic (exact) mass is 346 g/mol. The van der Waals surface area contributed by atoms with Crippen molar-refractivity contribution in [1.29, 1.82) is 0 Å². The van der Waals surface area contributed by atoms with E-state index in [1.807, 2.05) is 54.6 Å². The summed E-state index contributed by atoms with van der Waals surface area (Å²) in [5.41, 5.74) is 1.73. The molecule has 2 aromatic heterocycles. The van der Waals surface area contributed by atoms with Gasteiger partial charge in [0.05, 0.1) is 5.69 Å². The first kappa shape index (κ1) is 15.4. The molecule has 0 saturated carbocycles. The Bertz CT molecular complexity index is 997. The number of aromatic nitrogens is 3. The minimum atomic E-state index is -0.258. The summed E-state index contributed by atoms with van der Waals surface area (Å²) < 4.78 is 1.58. The van der Waals surface area contributed by atoms with Crippen molar-refractivity contribution < 1.29 is 4.79 Å². The van der Waals surface area contributed by atoms with E-state index in [4.69, 9.17) is 0 Å². The smallest absolute Gasteiger partial charge is 0.276 e. The molecule has 2 heterocycles. The lowest BCUT2D eigenvalue weighted by molar-refractivity contribution is 0.102. The standard InChI is InChI=1S/C19H14N4OS/c24-19(16-13-18-20-11-6-12-23(18)22-16)21-15-9-4-5-10-17(15)25-14-7-2-1-3-8-14/h1-13H,(H,21,24). The van der Waals surface area contributed by atoms with Gasteiger partial charge in [0.25, 0.3) is 5.91 Å². The van der Waals surface area contributed by atoms with Gasteiger partial charge in [0.1, 0.15) is 0 Å². The second-order valence-electron chi connectivity index (χ2n) is 5.32. The van der Waals surface area contributed by atoms with Crippen LogP contribution in [0.1, 0.15) is 10.5 Å². The molecular formula is C19H14N4OS. The van der Waals surface area contributed by atoms with E-state index in [1.165, 1.54) is 0 Å². The highest BCUT2D eigenvalue weighted by molar-refractivity contribution is 7.99. The highest BCUT2D eigenvalue weighted by atomic mass is 32.2. The third kappa shape index (κ3) is 3.39. The molecule has 5 nitrogen and oxygen atoms in total. The molecule has 0 spiro atoms. The quantitative estimate of drug-likeness (QED) is 0.603. The number of anilines is 1. The third-order valence-corrected chi connectivity index (χ3v) is 4.66. The van der Waals surface area contributed by atoms with Crippen LogP contribution in [0.25, 0.3) is 5.65 Å². The first-order valence-electron chi connectivity index (χ1n) is 7.73. The summed E-state index contributed by atoms with van der Waals surface area (Å²) in [6.45, 7) is 0. The number of carbonyl (C=O) groups excluding carboxylic acids is 1. The molecule has 0 unspecified atom stereocenters. The Kier molecular flexibility index (Phi) is 4.18. The molecule has 1 amide bonds. The molecule has 122 valence electrons. The Morgan fingerprint density at radius 1 is 1.00 bits per heavy atom. The molecule has 4 rings (SSSR count). The lowest BCUT2D eigenvalue weighted by Gasteiger charge is -2.09. The van der Waals surface area contributed by atoms with Gasteiger partial charge in [-0.05, 0) is 30.3 Å². The van der Waals surface area contributed by atoms with Crippen molar-refractivity contribution in [2.24, 2.45) is 0 Å². The lowest BCUT2D eigenvalue weighted by Crippen LogP contribution is -2.13. The second kappa shape index (κ2) is 6.78. The number of carbonyl (C=O) groups is 1. The van der Waals surface area contributed by atoms with E-state index in [1.54, 1.807) is 40.8 Å². The lowest BCUT2D eigenvalue weighted by atomic mass is 10.3. The number of hydrogen-bond donors (Lipinski definition) is 1. The SMILES string of the molecule is O=C(Nc1ccccc1Sc1ccccc1)c1cc2ncccn2n1. The Labute approximate surface area is 148 Å². The van der Waals surface area contributed by atoms with Crippen molar-refractivity contribution in [3.05, 3.63) is 84.8 Å². The highest BCUT2D eigenvalue weighted by Crippen LogP contribution is 2.33. The van der Waals surface area contributed by atoms with E-state index in [0.29, 0.717) is 11.3 Å². The molecule has 25 heavy (non-hydrogen) atoms. The summed E-state index contributed by atoms with van der Waals surface area (Å²) in [6, 6.07) is 21.2. The maximum Gasteiger partial charge on any atom is 0.276 e. The average Bonchev–Trinajstić information content (AvgIpc) is 3.09. The van der Waals surface area contributed by atoms with E-state index in [9.17, 15) is 4.79 Å². The van der Waals surface area contributed by atoms with Gasteiger partial charge in [0.2, 0.25) is 0 Å². The minimum Gasteiger partial charge on any atom is -0.320 e. The largest absolute Gasteiger partial charge is 0.320 e. The molecule has 0 atom stereocenters. The number of nitrogens with zero attached hydrogens (tertiary/aromatic N) is 3. The van der Waals surface area contributed by atoms with Crippen LogP contribution in [0.4, 0.5) is 5.69 Å². The van der Waals surface area contributed by atoms with Crippen LogP contribution in [0.3, 0.4) is 0 Å². The Morgan fingerprint density at radius 3 is 2.64 bits per heavy atom. The third-order valence-electron chi connectivity index (χ3n) is 3.58. The number of fused-ring (bicyclic) bond motifs is 1. The number of rotatable bonds is 4. The maximum absolute atomic E-state index is 12.6. The van der Waals surface area contributed by atoms with Crippen LogP contribution < -0.4 is 5.32 Å². The summed E-state index contributed by atoms with van der Waals surface area (Å²) in [5, 5.41) is 7.20. The summed E-state index contributed by atoms with van der Waals surface area (Å²) in [6.07, 6.45) is 3.43. The van der Waals surface area contributed by atoms with Crippen LogP contribution in [0, 0.1) is 0 Å². The van der Waals surface area contributed by atoms with Crippen LogP contribution in [-0.4, -0.2) is 20.5 Å². The van der Waals surface area contributed by atoms with Gasteiger partial charge in [0, 0.05) is 28.3 Å². The first-order chi connectivity index (χ1) is 12.3. The fourth-order valence-electron chi connectivity index (χ4n) is 2.40. The van der Waals surface area contributed by atoms with Gasteiger partial charge in [-0.25, -0.2) is 9.50 Å². The molecule has 1 N–H and O–H groups in total. The Morgan fingerprint density at radius 2 is 1.80 bits per heavy atom. The number of para-hydroxylation sites is 1. The van der Waals surface area contributed by atoms with Crippen LogP contribution in [0.15, 0.2) is 88.9 Å².